The van der Waals surface area contributed by atoms with E-state index in [-0.39, 0.29) is 0 Å². The second-order valence-corrected chi connectivity index (χ2v) is 7.67. The molecule has 3 aromatic rings. The van der Waals surface area contributed by atoms with Crippen molar-refractivity contribution in [1.29, 1.82) is 5.26 Å². The van der Waals surface area contributed by atoms with E-state index in [0.29, 0.717) is 23.5 Å². The summed E-state index contributed by atoms with van der Waals surface area (Å²) in [5, 5.41) is 10.6. The van der Waals surface area contributed by atoms with Gasteiger partial charge in [0.15, 0.2) is 0 Å². The summed E-state index contributed by atoms with van der Waals surface area (Å²) in [5.41, 5.74) is 3.45. The molecular formula is C19H19N3O3S. The summed E-state index contributed by atoms with van der Waals surface area (Å²) in [6, 6.07) is 15.0. The maximum atomic E-state index is 11.5. The minimum absolute atomic E-state index is 0.458. The normalized spacial score (nSPS) is 11.3. The number of rotatable bonds is 5. The van der Waals surface area contributed by atoms with Gasteiger partial charge in [-0.1, -0.05) is 12.1 Å². The van der Waals surface area contributed by atoms with E-state index in [1.54, 1.807) is 25.3 Å². The molecule has 1 aromatic heterocycles. The van der Waals surface area contributed by atoms with Crippen molar-refractivity contribution in [2.24, 2.45) is 0 Å². The summed E-state index contributed by atoms with van der Waals surface area (Å²) in [4.78, 5) is 0. The van der Waals surface area contributed by atoms with Gasteiger partial charge in [-0.25, -0.2) is 8.42 Å². The van der Waals surface area contributed by atoms with Crippen molar-refractivity contribution >= 4 is 26.6 Å². The van der Waals surface area contributed by atoms with Crippen molar-refractivity contribution in [3.05, 3.63) is 48.0 Å². The van der Waals surface area contributed by atoms with E-state index >= 15 is 0 Å². The van der Waals surface area contributed by atoms with Crippen LogP contribution in [0.25, 0.3) is 22.2 Å². The maximum absolute atomic E-state index is 11.5. The van der Waals surface area contributed by atoms with Crippen LogP contribution in [0.15, 0.2) is 42.5 Å². The Labute approximate surface area is 152 Å². The third kappa shape index (κ3) is 3.24. The second kappa shape index (κ2) is 6.73. The van der Waals surface area contributed by atoms with Crippen LogP contribution in [0.5, 0.6) is 5.75 Å². The first kappa shape index (κ1) is 17.8. The van der Waals surface area contributed by atoms with Crippen molar-refractivity contribution in [1.82, 2.24) is 4.57 Å². The smallest absolute Gasteiger partial charge is 0.229 e. The van der Waals surface area contributed by atoms with Gasteiger partial charge >= 0.3 is 0 Å². The number of nitrogens with one attached hydrogen (secondary N) is 1. The molecule has 0 saturated carbocycles. The van der Waals surface area contributed by atoms with Gasteiger partial charge in [-0.3, -0.25) is 4.72 Å². The summed E-state index contributed by atoms with van der Waals surface area (Å²) in [6.07, 6.45) is 1.11. The quantitative estimate of drug-likeness (QED) is 0.745. The van der Waals surface area contributed by atoms with Gasteiger partial charge in [0.2, 0.25) is 10.0 Å². The first-order valence-corrected chi connectivity index (χ1v) is 9.95. The number of benzene rings is 2. The number of aryl methyl sites for hydroxylation is 1. The van der Waals surface area contributed by atoms with Crippen LogP contribution in [0, 0.1) is 11.3 Å². The standard InChI is InChI=1S/C19H19N3O3S/c1-4-22-18-11-15(25-2)8-9-16(18)17(12-20)19(22)13-6-5-7-14(10-13)21-26(3,23)24/h5-11,21H,4H2,1-3H3. The Morgan fingerprint density at radius 2 is 2.00 bits per heavy atom. The van der Waals surface area contributed by atoms with Gasteiger partial charge in [-0.15, -0.1) is 0 Å². The SMILES string of the molecule is CCn1c(-c2cccc(NS(C)(=O)=O)c2)c(C#N)c2ccc(OC)cc21. The summed E-state index contributed by atoms with van der Waals surface area (Å²) in [5.74, 6) is 0.716. The molecule has 3 rings (SSSR count). The van der Waals surface area contributed by atoms with E-state index < -0.39 is 10.0 Å². The number of ether oxygens (including phenoxy) is 1. The number of hydrogen-bond donors (Lipinski definition) is 1. The summed E-state index contributed by atoms with van der Waals surface area (Å²) in [7, 11) is -1.78. The summed E-state index contributed by atoms with van der Waals surface area (Å²) >= 11 is 0. The van der Waals surface area contributed by atoms with Gasteiger partial charge < -0.3 is 9.30 Å². The highest BCUT2D eigenvalue weighted by molar-refractivity contribution is 7.92. The Hall–Kier alpha value is -2.98. The van der Waals surface area contributed by atoms with Crippen molar-refractivity contribution in [3.63, 3.8) is 0 Å². The molecule has 0 spiro atoms. The Kier molecular flexibility index (Phi) is 4.62. The zero-order valence-electron chi connectivity index (χ0n) is 14.8. The minimum Gasteiger partial charge on any atom is -0.497 e. The van der Waals surface area contributed by atoms with E-state index in [9.17, 15) is 13.7 Å². The van der Waals surface area contributed by atoms with Crippen molar-refractivity contribution in [2.45, 2.75) is 13.5 Å². The molecule has 0 fully saturated rings. The third-order valence-electron chi connectivity index (χ3n) is 4.14. The molecule has 6 nitrogen and oxygen atoms in total. The van der Waals surface area contributed by atoms with Crippen LogP contribution in [-0.2, 0) is 16.6 Å². The van der Waals surface area contributed by atoms with Crippen LogP contribution in [0.2, 0.25) is 0 Å². The largest absolute Gasteiger partial charge is 0.497 e. The van der Waals surface area contributed by atoms with E-state index in [4.69, 9.17) is 4.74 Å². The Bertz CT molecular complexity index is 1120. The number of methoxy groups -OCH3 is 1. The molecule has 0 bridgehead atoms. The predicted octanol–water partition coefficient (Wildman–Crippen LogP) is 3.58. The van der Waals surface area contributed by atoms with E-state index in [0.717, 1.165) is 28.4 Å². The fourth-order valence-corrected chi connectivity index (χ4v) is 3.70. The molecule has 0 atom stereocenters. The van der Waals surface area contributed by atoms with Gasteiger partial charge in [0.25, 0.3) is 0 Å². The average molecular weight is 369 g/mol. The van der Waals surface area contributed by atoms with Crippen LogP contribution in [-0.4, -0.2) is 26.4 Å². The highest BCUT2D eigenvalue weighted by atomic mass is 32.2. The molecule has 0 saturated heterocycles. The Morgan fingerprint density at radius 3 is 2.62 bits per heavy atom. The Balaban J connectivity index is 2.28. The van der Waals surface area contributed by atoms with Crippen molar-refractivity contribution in [2.75, 3.05) is 18.1 Å². The molecule has 1 heterocycles. The number of aromatic nitrogens is 1. The number of sulfonamides is 1. The summed E-state index contributed by atoms with van der Waals surface area (Å²) in [6.45, 7) is 2.66. The first-order valence-electron chi connectivity index (χ1n) is 8.06. The first-order chi connectivity index (χ1) is 12.4. The summed E-state index contributed by atoms with van der Waals surface area (Å²) < 4.78 is 32.9. The van der Waals surface area contributed by atoms with Gasteiger partial charge in [0, 0.05) is 29.2 Å². The van der Waals surface area contributed by atoms with Crippen LogP contribution in [0.3, 0.4) is 0 Å². The van der Waals surface area contributed by atoms with Crippen LogP contribution in [0.1, 0.15) is 12.5 Å². The average Bonchev–Trinajstić information content (AvgIpc) is 2.92. The molecule has 1 N–H and O–H groups in total. The monoisotopic (exact) mass is 369 g/mol. The topological polar surface area (TPSA) is 84.1 Å². The molecule has 26 heavy (non-hydrogen) atoms. The molecule has 0 radical (unpaired) electrons. The molecule has 0 aliphatic heterocycles. The number of hydrogen-bond acceptors (Lipinski definition) is 4. The zero-order valence-corrected chi connectivity index (χ0v) is 15.6. The highest BCUT2D eigenvalue weighted by Crippen LogP contribution is 2.36. The molecule has 0 aliphatic carbocycles. The van der Waals surface area contributed by atoms with E-state index in [1.807, 2.05) is 35.8 Å². The zero-order chi connectivity index (χ0) is 18.9. The molecular weight excluding hydrogens is 350 g/mol. The molecule has 0 unspecified atom stereocenters. The molecule has 134 valence electrons. The van der Waals surface area contributed by atoms with Gasteiger partial charge in [-0.05, 0) is 31.2 Å². The molecule has 0 amide bonds. The maximum Gasteiger partial charge on any atom is 0.229 e. The van der Waals surface area contributed by atoms with E-state index in [1.165, 1.54) is 0 Å². The van der Waals surface area contributed by atoms with Crippen LogP contribution < -0.4 is 9.46 Å². The fraction of sp³-hybridized carbons (Fsp3) is 0.211. The third-order valence-corrected chi connectivity index (χ3v) is 4.75. The highest BCUT2D eigenvalue weighted by Gasteiger charge is 2.19. The number of anilines is 1. The molecule has 0 aliphatic rings. The Morgan fingerprint density at radius 1 is 1.23 bits per heavy atom. The minimum atomic E-state index is -3.38. The van der Waals surface area contributed by atoms with Gasteiger partial charge in [0.05, 0.1) is 30.1 Å². The van der Waals surface area contributed by atoms with E-state index in [2.05, 4.69) is 10.8 Å². The number of nitrogens with zero attached hydrogens (tertiary/aromatic N) is 2. The van der Waals surface area contributed by atoms with Crippen molar-refractivity contribution < 1.29 is 13.2 Å². The molecule has 7 heteroatoms. The number of nitriles is 1. The van der Waals surface area contributed by atoms with Crippen molar-refractivity contribution in [3.8, 4) is 23.1 Å². The lowest BCUT2D eigenvalue weighted by molar-refractivity contribution is 0.415. The second-order valence-electron chi connectivity index (χ2n) is 5.92. The lowest BCUT2D eigenvalue weighted by Crippen LogP contribution is -2.09. The predicted molar refractivity (Wildman–Crippen MR) is 103 cm³/mol. The van der Waals surface area contributed by atoms with Gasteiger partial charge in [0.1, 0.15) is 11.8 Å². The fourth-order valence-electron chi connectivity index (χ4n) is 3.14. The number of fused-ring (bicyclic) bond motifs is 1. The lowest BCUT2D eigenvalue weighted by atomic mass is 10.1. The molecule has 2 aromatic carbocycles. The van der Waals surface area contributed by atoms with Crippen LogP contribution >= 0.6 is 0 Å². The lowest BCUT2D eigenvalue weighted by Gasteiger charge is -2.11. The van der Waals surface area contributed by atoms with Crippen LogP contribution in [0.4, 0.5) is 5.69 Å². The van der Waals surface area contributed by atoms with Gasteiger partial charge in [-0.2, -0.15) is 5.26 Å².